The van der Waals surface area contributed by atoms with Crippen molar-refractivity contribution in [2.45, 2.75) is 89.9 Å². The summed E-state index contributed by atoms with van der Waals surface area (Å²) in [6.45, 7) is 16.0. The van der Waals surface area contributed by atoms with Crippen molar-refractivity contribution >= 4 is 11.0 Å². The van der Waals surface area contributed by atoms with Crippen molar-refractivity contribution in [2.24, 2.45) is 5.92 Å². The Balaban J connectivity index is 4.29. The number of rotatable bonds is 13. The molecule has 2 atom stereocenters. The van der Waals surface area contributed by atoms with E-state index in [0.717, 1.165) is 6.42 Å². The van der Waals surface area contributed by atoms with E-state index in [1.807, 2.05) is 32.9 Å². The summed E-state index contributed by atoms with van der Waals surface area (Å²) < 4.78 is 15.4. The summed E-state index contributed by atoms with van der Waals surface area (Å²) in [5, 5.41) is 0. The van der Waals surface area contributed by atoms with Crippen LogP contribution >= 0.6 is 0 Å². The van der Waals surface area contributed by atoms with Crippen molar-refractivity contribution in [3.8, 4) is 0 Å². The first-order chi connectivity index (χ1) is 10.4. The summed E-state index contributed by atoms with van der Waals surface area (Å²) in [6.07, 6.45) is 13.9. The van der Waals surface area contributed by atoms with Crippen LogP contribution in [-0.4, -0.2) is 15.0 Å². The van der Waals surface area contributed by atoms with Crippen LogP contribution in [0.15, 0.2) is 25.3 Å². The minimum Gasteiger partial charge on any atom is -0.242 e. The van der Waals surface area contributed by atoms with Crippen LogP contribution in [0.1, 0.15) is 79.1 Å². The number of nitrogens with one attached hydrogen (secondary N) is 1. The molecular weight excluding hydrogens is 290 g/mol. The van der Waals surface area contributed by atoms with Crippen LogP contribution in [0.4, 0.5) is 0 Å². The average Bonchev–Trinajstić information content (AvgIpc) is 2.46. The molecule has 0 saturated carbocycles. The molecule has 2 nitrogen and oxygen atoms in total. The molecule has 0 aromatic heterocycles. The van der Waals surface area contributed by atoms with Gasteiger partial charge in [-0.15, -0.1) is 13.2 Å². The van der Waals surface area contributed by atoms with Crippen LogP contribution in [0.2, 0.25) is 0 Å². The summed E-state index contributed by atoms with van der Waals surface area (Å²) in [5.41, 5.74) is 0. The van der Waals surface area contributed by atoms with Gasteiger partial charge in [0.05, 0.1) is 15.7 Å². The van der Waals surface area contributed by atoms with Crippen molar-refractivity contribution < 1.29 is 4.21 Å². The molecule has 0 aliphatic carbocycles. The van der Waals surface area contributed by atoms with Gasteiger partial charge in [-0.05, 0) is 27.2 Å². The summed E-state index contributed by atoms with van der Waals surface area (Å²) in [7, 11) is -1.05. The van der Waals surface area contributed by atoms with Crippen LogP contribution in [0.3, 0.4) is 0 Å². The van der Waals surface area contributed by atoms with E-state index >= 15 is 0 Å². The molecule has 1 N–H and O–H groups in total. The van der Waals surface area contributed by atoms with Crippen LogP contribution in [0.5, 0.6) is 0 Å². The van der Waals surface area contributed by atoms with Gasteiger partial charge in [0.2, 0.25) is 0 Å². The SMILES string of the molecule is C=CC(C=C)[C@@H](CCCCCCCCC)NS(=O)C(C)(C)C. The molecule has 3 heteroatoms. The Hall–Kier alpha value is -0.410. The minimum atomic E-state index is -1.05. The highest BCUT2D eigenvalue weighted by atomic mass is 32.2. The largest absolute Gasteiger partial charge is 0.242 e. The maximum Gasteiger partial charge on any atom is 0.0973 e. The zero-order chi connectivity index (χ0) is 17.0. The van der Waals surface area contributed by atoms with E-state index < -0.39 is 11.0 Å². The zero-order valence-electron chi connectivity index (χ0n) is 15.2. The molecule has 0 bridgehead atoms. The fourth-order valence-electron chi connectivity index (χ4n) is 2.39. The molecular formula is C19H37NOS. The van der Waals surface area contributed by atoms with Gasteiger partial charge in [0.15, 0.2) is 0 Å². The second kappa shape index (κ2) is 12.1. The van der Waals surface area contributed by atoms with Gasteiger partial charge in [0.1, 0.15) is 0 Å². The topological polar surface area (TPSA) is 29.1 Å². The monoisotopic (exact) mass is 327 g/mol. The van der Waals surface area contributed by atoms with Crippen LogP contribution in [0, 0.1) is 5.92 Å². The molecule has 0 spiro atoms. The van der Waals surface area contributed by atoms with E-state index in [1.54, 1.807) is 0 Å². The normalized spacial score (nSPS) is 14.8. The highest BCUT2D eigenvalue weighted by Gasteiger charge is 2.25. The first-order valence-corrected chi connectivity index (χ1v) is 9.95. The van der Waals surface area contributed by atoms with E-state index in [0.29, 0.717) is 0 Å². The predicted molar refractivity (Wildman–Crippen MR) is 101 cm³/mol. The summed E-state index contributed by atoms with van der Waals surface area (Å²) >= 11 is 0. The molecule has 0 radical (unpaired) electrons. The van der Waals surface area contributed by atoms with Crippen LogP contribution in [0.25, 0.3) is 0 Å². The Bertz CT molecular complexity index is 325. The molecule has 0 heterocycles. The fraction of sp³-hybridized carbons (Fsp3) is 0.789. The molecule has 0 saturated heterocycles. The first-order valence-electron chi connectivity index (χ1n) is 8.80. The van der Waals surface area contributed by atoms with Crippen molar-refractivity contribution in [3.05, 3.63) is 25.3 Å². The summed E-state index contributed by atoms with van der Waals surface area (Å²) in [6, 6.07) is 0.172. The Morgan fingerprint density at radius 1 is 1.00 bits per heavy atom. The lowest BCUT2D eigenvalue weighted by atomic mass is 9.95. The average molecular weight is 328 g/mol. The van der Waals surface area contributed by atoms with E-state index in [4.69, 9.17) is 0 Å². The van der Waals surface area contributed by atoms with E-state index in [-0.39, 0.29) is 16.7 Å². The molecule has 0 aromatic rings. The van der Waals surface area contributed by atoms with Gasteiger partial charge in [-0.3, -0.25) is 0 Å². The molecule has 0 fully saturated rings. The lowest BCUT2D eigenvalue weighted by Crippen LogP contribution is -2.42. The second-order valence-electron chi connectivity index (χ2n) is 7.06. The van der Waals surface area contributed by atoms with Crippen molar-refractivity contribution in [1.82, 2.24) is 4.72 Å². The fourth-order valence-corrected chi connectivity index (χ4v) is 3.29. The lowest BCUT2D eigenvalue weighted by Gasteiger charge is -2.27. The third-order valence-electron chi connectivity index (χ3n) is 3.94. The quantitative estimate of drug-likeness (QED) is 0.349. The Morgan fingerprint density at radius 2 is 1.50 bits per heavy atom. The molecule has 0 aliphatic heterocycles. The van der Waals surface area contributed by atoms with E-state index in [9.17, 15) is 4.21 Å². The van der Waals surface area contributed by atoms with Crippen molar-refractivity contribution in [2.75, 3.05) is 0 Å². The maximum absolute atomic E-state index is 12.3. The maximum atomic E-state index is 12.3. The molecule has 0 amide bonds. The van der Waals surface area contributed by atoms with Gasteiger partial charge in [-0.25, -0.2) is 8.93 Å². The predicted octanol–water partition coefficient (Wildman–Crippen LogP) is 5.54. The van der Waals surface area contributed by atoms with E-state index in [1.165, 1.54) is 44.9 Å². The second-order valence-corrected chi connectivity index (χ2v) is 9.06. The minimum absolute atomic E-state index is 0.172. The molecule has 1 unspecified atom stereocenters. The smallest absolute Gasteiger partial charge is 0.0973 e. The van der Waals surface area contributed by atoms with Gasteiger partial charge >= 0.3 is 0 Å². The van der Waals surface area contributed by atoms with Gasteiger partial charge in [0.25, 0.3) is 0 Å². The number of unbranched alkanes of at least 4 members (excludes halogenated alkanes) is 6. The molecule has 0 aliphatic rings. The number of hydrogen-bond acceptors (Lipinski definition) is 1. The van der Waals surface area contributed by atoms with E-state index in [2.05, 4.69) is 24.8 Å². The van der Waals surface area contributed by atoms with Gasteiger partial charge in [-0.2, -0.15) is 0 Å². The Labute approximate surface area is 141 Å². The molecule has 0 aromatic carbocycles. The van der Waals surface area contributed by atoms with Gasteiger partial charge in [0, 0.05) is 12.0 Å². The highest BCUT2D eigenvalue weighted by Crippen LogP contribution is 2.19. The first kappa shape index (κ1) is 21.6. The molecule has 22 heavy (non-hydrogen) atoms. The standard InChI is InChI=1S/C19H37NOS/c1-7-10-11-12-13-14-15-16-18(17(8-2)9-3)20-22(21)19(4,5)6/h8-9,17-18,20H,2-3,7,10-16H2,1,4-6H3/t18-,22?/m1/s1. The Morgan fingerprint density at radius 3 is 1.95 bits per heavy atom. The Kier molecular flexibility index (Phi) is 11.8. The summed E-state index contributed by atoms with van der Waals surface area (Å²) in [4.78, 5) is 0. The highest BCUT2D eigenvalue weighted by molar-refractivity contribution is 7.84. The van der Waals surface area contributed by atoms with Crippen LogP contribution in [-0.2, 0) is 11.0 Å². The zero-order valence-corrected chi connectivity index (χ0v) is 16.0. The van der Waals surface area contributed by atoms with Gasteiger partial charge < -0.3 is 0 Å². The lowest BCUT2D eigenvalue weighted by molar-refractivity contribution is 0.462. The molecule has 0 rings (SSSR count). The third kappa shape index (κ3) is 9.58. The van der Waals surface area contributed by atoms with Crippen molar-refractivity contribution in [3.63, 3.8) is 0 Å². The molecule has 130 valence electrons. The third-order valence-corrected chi connectivity index (χ3v) is 5.57. The number of hydrogen-bond donors (Lipinski definition) is 1. The van der Waals surface area contributed by atoms with Crippen LogP contribution < -0.4 is 4.72 Å². The summed E-state index contributed by atoms with van der Waals surface area (Å²) in [5.74, 6) is 0.173. The van der Waals surface area contributed by atoms with Crippen molar-refractivity contribution in [1.29, 1.82) is 0 Å². The van der Waals surface area contributed by atoms with Gasteiger partial charge in [-0.1, -0.05) is 64.0 Å².